The Morgan fingerprint density at radius 1 is 1.17 bits per heavy atom. The molecule has 1 aliphatic heterocycles. The predicted molar refractivity (Wildman–Crippen MR) is 85.0 cm³/mol. The van der Waals surface area contributed by atoms with Crippen LogP contribution in [0.1, 0.15) is 48.9 Å². The maximum absolute atomic E-state index is 12.0. The first kappa shape index (κ1) is 15.2. The molecule has 23 heavy (non-hydrogen) atoms. The summed E-state index contributed by atoms with van der Waals surface area (Å²) in [6.07, 6.45) is 7.04. The number of hydrogen-bond acceptors (Lipinski definition) is 4. The fourth-order valence-corrected chi connectivity index (χ4v) is 4.08. The molecule has 2 saturated carbocycles. The Hall–Kier alpha value is -1.39. The summed E-state index contributed by atoms with van der Waals surface area (Å²) in [5.41, 5.74) is 0.612. The number of ether oxygens (including phenoxy) is 3. The molecule has 1 aromatic rings. The van der Waals surface area contributed by atoms with Gasteiger partial charge in [0.2, 0.25) is 0 Å². The second-order valence-electron chi connectivity index (χ2n) is 7.06. The predicted octanol–water partition coefficient (Wildman–Crippen LogP) is 3.56. The van der Waals surface area contributed by atoms with E-state index in [0.717, 1.165) is 25.9 Å². The molecule has 2 aliphatic carbocycles. The van der Waals surface area contributed by atoms with Crippen molar-refractivity contribution in [2.75, 3.05) is 13.2 Å². The maximum atomic E-state index is 12.0. The maximum Gasteiger partial charge on any atom is 0.338 e. The second-order valence-corrected chi connectivity index (χ2v) is 7.06. The van der Waals surface area contributed by atoms with Crippen molar-refractivity contribution < 1.29 is 19.0 Å². The molecule has 124 valence electrons. The highest BCUT2D eigenvalue weighted by molar-refractivity contribution is 5.89. The van der Waals surface area contributed by atoms with Crippen molar-refractivity contribution in [1.82, 2.24) is 0 Å². The minimum Gasteiger partial charge on any atom is -0.462 e. The molecule has 0 bridgehead atoms. The van der Waals surface area contributed by atoms with Crippen molar-refractivity contribution in [3.8, 4) is 0 Å². The molecule has 0 radical (unpaired) electrons. The van der Waals surface area contributed by atoms with Crippen LogP contribution in [0.2, 0.25) is 0 Å². The highest BCUT2D eigenvalue weighted by Gasteiger charge is 2.52. The van der Waals surface area contributed by atoms with Gasteiger partial charge in [-0.2, -0.15) is 0 Å². The molecule has 3 atom stereocenters. The first-order chi connectivity index (χ1) is 11.3. The van der Waals surface area contributed by atoms with Crippen molar-refractivity contribution in [2.45, 2.75) is 50.4 Å². The fraction of sp³-hybridized carbons (Fsp3) is 0.632. The van der Waals surface area contributed by atoms with Crippen LogP contribution in [0.15, 0.2) is 30.3 Å². The summed E-state index contributed by atoms with van der Waals surface area (Å²) >= 11 is 0. The largest absolute Gasteiger partial charge is 0.462 e. The Labute approximate surface area is 137 Å². The average molecular weight is 316 g/mol. The number of rotatable bonds is 3. The summed E-state index contributed by atoms with van der Waals surface area (Å²) in [7, 11) is 0. The van der Waals surface area contributed by atoms with Gasteiger partial charge in [0.1, 0.15) is 0 Å². The van der Waals surface area contributed by atoms with Crippen LogP contribution in [-0.4, -0.2) is 31.1 Å². The van der Waals surface area contributed by atoms with Gasteiger partial charge in [0, 0.05) is 24.7 Å². The van der Waals surface area contributed by atoms with Crippen LogP contribution >= 0.6 is 0 Å². The van der Waals surface area contributed by atoms with Crippen LogP contribution in [0.5, 0.6) is 0 Å². The van der Waals surface area contributed by atoms with Crippen molar-refractivity contribution in [3.05, 3.63) is 35.9 Å². The minimum absolute atomic E-state index is 0.240. The summed E-state index contributed by atoms with van der Waals surface area (Å²) in [5.74, 6) is 0.209. The molecule has 0 aromatic heterocycles. The van der Waals surface area contributed by atoms with Crippen LogP contribution in [0.4, 0.5) is 0 Å². The Bertz CT molecular complexity index is 550. The van der Waals surface area contributed by atoms with Crippen LogP contribution in [0.3, 0.4) is 0 Å². The third kappa shape index (κ3) is 3.02. The lowest BCUT2D eigenvalue weighted by Gasteiger charge is -2.54. The molecule has 3 fully saturated rings. The molecule has 1 saturated heterocycles. The van der Waals surface area contributed by atoms with E-state index in [1.54, 1.807) is 12.1 Å². The van der Waals surface area contributed by atoms with E-state index < -0.39 is 0 Å². The molecule has 0 amide bonds. The Morgan fingerprint density at radius 3 is 2.70 bits per heavy atom. The molecule has 0 N–H and O–H groups in total. The second kappa shape index (κ2) is 6.25. The minimum atomic E-state index is -0.300. The number of fused-ring (bicyclic) bond motifs is 1. The van der Waals surface area contributed by atoms with E-state index in [-0.39, 0.29) is 11.8 Å². The molecule has 1 aromatic carbocycles. The van der Waals surface area contributed by atoms with E-state index in [9.17, 15) is 4.79 Å². The number of carbonyl (C=O) groups is 1. The Balaban J connectivity index is 1.27. The standard InChI is InChI=1S/C19H24O4/c20-18(14-7-3-1-4-8-14)21-12-15-11-17-16(15)13-22-19(23-17)9-5-2-6-10-19/h1,3-4,7-8,15-17H,2,5-6,9-13H2/t15-,16-,17+/m1/s1. The quantitative estimate of drug-likeness (QED) is 0.800. The fourth-order valence-electron chi connectivity index (χ4n) is 4.08. The van der Waals surface area contributed by atoms with Gasteiger partial charge in [0.05, 0.1) is 24.9 Å². The van der Waals surface area contributed by atoms with Gasteiger partial charge in [-0.3, -0.25) is 0 Å². The smallest absolute Gasteiger partial charge is 0.338 e. The molecule has 3 aliphatic rings. The number of hydrogen-bond donors (Lipinski definition) is 0. The van der Waals surface area contributed by atoms with E-state index >= 15 is 0 Å². The lowest BCUT2D eigenvalue weighted by Crippen LogP contribution is -2.58. The number of benzene rings is 1. The average Bonchev–Trinajstić information content (AvgIpc) is 2.58. The van der Waals surface area contributed by atoms with Gasteiger partial charge in [-0.1, -0.05) is 24.6 Å². The van der Waals surface area contributed by atoms with E-state index in [1.165, 1.54) is 19.3 Å². The summed E-state index contributed by atoms with van der Waals surface area (Å²) in [4.78, 5) is 12.0. The van der Waals surface area contributed by atoms with Crippen LogP contribution in [0, 0.1) is 11.8 Å². The summed E-state index contributed by atoms with van der Waals surface area (Å²) in [6.45, 7) is 1.22. The van der Waals surface area contributed by atoms with Gasteiger partial charge in [0.15, 0.2) is 5.79 Å². The zero-order valence-electron chi connectivity index (χ0n) is 13.4. The summed E-state index contributed by atoms with van der Waals surface area (Å²) < 4.78 is 17.8. The third-order valence-corrected chi connectivity index (χ3v) is 5.58. The van der Waals surface area contributed by atoms with Crippen LogP contribution in [-0.2, 0) is 14.2 Å². The first-order valence-corrected chi connectivity index (χ1v) is 8.80. The molecule has 1 heterocycles. The van der Waals surface area contributed by atoms with E-state index in [2.05, 4.69) is 0 Å². The Kier molecular flexibility index (Phi) is 4.12. The normalized spacial score (nSPS) is 31.9. The van der Waals surface area contributed by atoms with Gasteiger partial charge in [-0.15, -0.1) is 0 Å². The van der Waals surface area contributed by atoms with Crippen molar-refractivity contribution in [2.24, 2.45) is 11.8 Å². The van der Waals surface area contributed by atoms with Crippen LogP contribution in [0.25, 0.3) is 0 Å². The topological polar surface area (TPSA) is 44.8 Å². The third-order valence-electron chi connectivity index (χ3n) is 5.58. The molecular weight excluding hydrogens is 292 g/mol. The van der Waals surface area contributed by atoms with Gasteiger partial charge >= 0.3 is 5.97 Å². The lowest BCUT2D eigenvalue weighted by molar-refractivity contribution is -0.353. The SMILES string of the molecule is O=C(OC[C@H]1C[C@@H]2OC3(CCCCC3)OC[C@H]12)c1ccccc1. The van der Waals surface area contributed by atoms with Gasteiger partial charge in [-0.25, -0.2) is 4.79 Å². The van der Waals surface area contributed by atoms with Crippen molar-refractivity contribution in [1.29, 1.82) is 0 Å². The first-order valence-electron chi connectivity index (χ1n) is 8.80. The monoisotopic (exact) mass is 316 g/mol. The lowest BCUT2D eigenvalue weighted by atomic mass is 9.70. The van der Waals surface area contributed by atoms with Gasteiger partial charge < -0.3 is 14.2 Å². The summed E-state index contributed by atoms with van der Waals surface area (Å²) in [5, 5.41) is 0. The van der Waals surface area contributed by atoms with Gasteiger partial charge in [0.25, 0.3) is 0 Å². The molecule has 0 unspecified atom stereocenters. The highest BCUT2D eigenvalue weighted by atomic mass is 16.7. The van der Waals surface area contributed by atoms with E-state index in [1.807, 2.05) is 18.2 Å². The molecule has 4 heteroatoms. The molecular formula is C19H24O4. The van der Waals surface area contributed by atoms with Gasteiger partial charge in [-0.05, 0) is 31.4 Å². The molecule has 1 spiro atoms. The van der Waals surface area contributed by atoms with Crippen molar-refractivity contribution >= 4 is 5.97 Å². The Morgan fingerprint density at radius 2 is 1.96 bits per heavy atom. The molecule has 4 rings (SSSR count). The molecule has 4 nitrogen and oxygen atoms in total. The number of carbonyl (C=O) groups excluding carboxylic acids is 1. The highest BCUT2D eigenvalue weighted by Crippen LogP contribution is 2.47. The zero-order valence-corrected chi connectivity index (χ0v) is 13.4. The van der Waals surface area contributed by atoms with Crippen LogP contribution < -0.4 is 0 Å². The van der Waals surface area contributed by atoms with E-state index in [4.69, 9.17) is 14.2 Å². The zero-order chi connectivity index (χ0) is 15.7. The number of esters is 1. The summed E-state index contributed by atoms with van der Waals surface area (Å²) in [6, 6.07) is 9.16. The van der Waals surface area contributed by atoms with Crippen molar-refractivity contribution in [3.63, 3.8) is 0 Å². The van der Waals surface area contributed by atoms with E-state index in [0.29, 0.717) is 30.1 Å².